The Bertz CT molecular complexity index is 753. The number of nitrogens with one attached hydrogen (secondary N) is 1. The van der Waals surface area contributed by atoms with Gasteiger partial charge in [0.25, 0.3) is 5.91 Å². The topological polar surface area (TPSA) is 71.3 Å². The number of amides is 1. The molecule has 2 aliphatic heterocycles. The Balaban J connectivity index is 0.00000210. The van der Waals surface area contributed by atoms with Crippen LogP contribution in [-0.4, -0.2) is 47.1 Å². The maximum absolute atomic E-state index is 12.8. The first-order valence-corrected chi connectivity index (χ1v) is 10.2. The molecular weight excluding hydrogens is 384 g/mol. The highest BCUT2D eigenvalue weighted by Gasteiger charge is 2.31. The van der Waals surface area contributed by atoms with Crippen LogP contribution in [0.25, 0.3) is 0 Å². The maximum Gasteiger partial charge on any atom is 0.253 e. The van der Waals surface area contributed by atoms with Gasteiger partial charge in [-0.3, -0.25) is 4.79 Å². The molecule has 0 aliphatic carbocycles. The van der Waals surface area contributed by atoms with Crippen molar-refractivity contribution in [2.45, 2.75) is 30.4 Å². The molecule has 1 aromatic carbocycles. The number of nitrogens with zero attached hydrogens (tertiary/aromatic N) is 3. The SMILES string of the molecule is Cc1noc(CSc2ccc(C(=O)N3CC[C@@H]4CNC[C@@H]4CC3)cc2)n1.Cl. The van der Waals surface area contributed by atoms with Crippen molar-refractivity contribution in [2.75, 3.05) is 26.2 Å². The fourth-order valence-electron chi connectivity index (χ4n) is 3.84. The lowest BCUT2D eigenvalue weighted by Crippen LogP contribution is -2.32. The lowest BCUT2D eigenvalue weighted by Gasteiger charge is -2.21. The minimum Gasteiger partial charge on any atom is -0.339 e. The van der Waals surface area contributed by atoms with Crippen LogP contribution >= 0.6 is 24.2 Å². The smallest absolute Gasteiger partial charge is 0.253 e. The highest BCUT2D eigenvalue weighted by atomic mass is 35.5. The number of carbonyl (C=O) groups is 1. The summed E-state index contributed by atoms with van der Waals surface area (Å²) in [4.78, 5) is 20.2. The van der Waals surface area contributed by atoms with Gasteiger partial charge < -0.3 is 14.7 Å². The van der Waals surface area contributed by atoms with Crippen molar-refractivity contribution < 1.29 is 9.32 Å². The van der Waals surface area contributed by atoms with E-state index < -0.39 is 0 Å². The number of thioether (sulfide) groups is 1. The van der Waals surface area contributed by atoms with E-state index in [2.05, 4.69) is 15.5 Å². The van der Waals surface area contributed by atoms with Gasteiger partial charge in [-0.25, -0.2) is 0 Å². The van der Waals surface area contributed by atoms with Gasteiger partial charge in [-0.2, -0.15) is 4.98 Å². The normalized spacial score (nSPS) is 22.0. The predicted molar refractivity (Wildman–Crippen MR) is 107 cm³/mol. The van der Waals surface area contributed by atoms with E-state index in [-0.39, 0.29) is 18.3 Å². The van der Waals surface area contributed by atoms with Crippen molar-refractivity contribution in [2.24, 2.45) is 11.8 Å². The number of rotatable bonds is 4. The number of fused-ring (bicyclic) bond motifs is 1. The van der Waals surface area contributed by atoms with Crippen LogP contribution in [0, 0.1) is 18.8 Å². The maximum atomic E-state index is 12.8. The fraction of sp³-hybridized carbons (Fsp3) is 0.526. The van der Waals surface area contributed by atoms with E-state index in [1.165, 1.54) is 0 Å². The van der Waals surface area contributed by atoms with Gasteiger partial charge in [0.05, 0.1) is 5.75 Å². The average Bonchev–Trinajstić information content (AvgIpc) is 3.24. The zero-order chi connectivity index (χ0) is 17.9. The molecule has 0 bridgehead atoms. The van der Waals surface area contributed by atoms with Crippen LogP contribution in [0.1, 0.15) is 34.9 Å². The summed E-state index contributed by atoms with van der Waals surface area (Å²) in [5.74, 6) is 3.54. The highest BCUT2D eigenvalue weighted by molar-refractivity contribution is 7.98. The number of aromatic nitrogens is 2. The molecule has 2 aliphatic rings. The Morgan fingerprint density at radius 2 is 1.89 bits per heavy atom. The van der Waals surface area contributed by atoms with Crippen LogP contribution in [0.15, 0.2) is 33.7 Å². The van der Waals surface area contributed by atoms with E-state index in [1.807, 2.05) is 36.1 Å². The standard InChI is InChI=1S/C19H24N4O2S.ClH/c1-13-21-18(25-22-13)12-26-17-4-2-14(3-5-17)19(24)23-8-6-15-10-20-11-16(15)7-9-23;/h2-5,15-16,20H,6-12H2,1H3;1H/t15-,16+;. The van der Waals surface area contributed by atoms with Crippen molar-refractivity contribution >= 4 is 30.1 Å². The van der Waals surface area contributed by atoms with Crippen LogP contribution in [0.3, 0.4) is 0 Å². The third kappa shape index (κ3) is 4.83. The molecule has 2 saturated heterocycles. The molecule has 1 N–H and O–H groups in total. The van der Waals surface area contributed by atoms with E-state index in [9.17, 15) is 4.79 Å². The zero-order valence-electron chi connectivity index (χ0n) is 15.4. The molecule has 1 aromatic heterocycles. The molecule has 4 rings (SSSR count). The van der Waals surface area contributed by atoms with Crippen LogP contribution in [0.2, 0.25) is 0 Å². The van der Waals surface area contributed by atoms with Crippen LogP contribution < -0.4 is 5.32 Å². The molecule has 3 heterocycles. The minimum absolute atomic E-state index is 0. The minimum atomic E-state index is 0. The van der Waals surface area contributed by atoms with E-state index in [0.717, 1.165) is 61.3 Å². The summed E-state index contributed by atoms with van der Waals surface area (Å²) in [5.41, 5.74) is 0.771. The predicted octanol–water partition coefficient (Wildman–Crippen LogP) is 3.16. The van der Waals surface area contributed by atoms with Crippen molar-refractivity contribution in [3.8, 4) is 0 Å². The zero-order valence-corrected chi connectivity index (χ0v) is 17.0. The average molecular weight is 409 g/mol. The fourth-order valence-corrected chi connectivity index (χ4v) is 4.58. The second-order valence-electron chi connectivity index (χ2n) is 7.10. The third-order valence-corrected chi connectivity index (χ3v) is 6.34. The molecule has 8 heteroatoms. The summed E-state index contributed by atoms with van der Waals surface area (Å²) in [6.07, 6.45) is 2.22. The molecular formula is C19H25ClN4O2S. The van der Waals surface area contributed by atoms with Crippen LogP contribution in [-0.2, 0) is 5.75 Å². The molecule has 2 aromatic rings. The van der Waals surface area contributed by atoms with Gasteiger partial charge in [-0.1, -0.05) is 5.16 Å². The quantitative estimate of drug-likeness (QED) is 0.783. The summed E-state index contributed by atoms with van der Waals surface area (Å²) in [5, 5.41) is 7.27. The first-order chi connectivity index (χ1) is 12.7. The van der Waals surface area contributed by atoms with Gasteiger partial charge >= 0.3 is 0 Å². The van der Waals surface area contributed by atoms with Gasteiger partial charge in [0.1, 0.15) is 0 Å². The van der Waals surface area contributed by atoms with Crippen LogP contribution in [0.5, 0.6) is 0 Å². The summed E-state index contributed by atoms with van der Waals surface area (Å²) in [6.45, 7) is 5.77. The highest BCUT2D eigenvalue weighted by Crippen LogP contribution is 2.28. The van der Waals surface area contributed by atoms with Crippen molar-refractivity contribution in [3.05, 3.63) is 41.5 Å². The lowest BCUT2D eigenvalue weighted by atomic mass is 9.92. The summed E-state index contributed by atoms with van der Waals surface area (Å²) < 4.78 is 5.12. The number of aryl methyl sites for hydroxylation is 1. The van der Waals surface area contributed by atoms with Crippen molar-refractivity contribution in [1.29, 1.82) is 0 Å². The van der Waals surface area contributed by atoms with E-state index in [0.29, 0.717) is 17.5 Å². The van der Waals surface area contributed by atoms with Gasteiger partial charge in [0.15, 0.2) is 5.82 Å². The van der Waals surface area contributed by atoms with Crippen molar-refractivity contribution in [3.63, 3.8) is 0 Å². The molecule has 2 atom stereocenters. The Kier molecular flexibility index (Phi) is 6.78. The van der Waals surface area contributed by atoms with Gasteiger partial charge in [0.2, 0.25) is 5.89 Å². The molecule has 146 valence electrons. The summed E-state index contributed by atoms with van der Waals surface area (Å²) in [7, 11) is 0. The molecule has 6 nitrogen and oxygen atoms in total. The number of carbonyl (C=O) groups excluding carboxylic acids is 1. The van der Waals surface area contributed by atoms with Gasteiger partial charge in [-0.05, 0) is 69.0 Å². The van der Waals surface area contributed by atoms with Gasteiger partial charge in [-0.15, -0.1) is 24.2 Å². The largest absolute Gasteiger partial charge is 0.339 e. The number of hydrogen-bond donors (Lipinski definition) is 1. The van der Waals surface area contributed by atoms with E-state index >= 15 is 0 Å². The molecule has 2 fully saturated rings. The molecule has 0 spiro atoms. The number of hydrogen-bond acceptors (Lipinski definition) is 6. The van der Waals surface area contributed by atoms with E-state index in [1.54, 1.807) is 11.8 Å². The molecule has 0 radical (unpaired) electrons. The van der Waals surface area contributed by atoms with E-state index in [4.69, 9.17) is 4.52 Å². The number of likely N-dealkylation sites (tertiary alicyclic amines) is 1. The van der Waals surface area contributed by atoms with Crippen molar-refractivity contribution in [1.82, 2.24) is 20.4 Å². The Morgan fingerprint density at radius 3 is 2.48 bits per heavy atom. The Labute approximate surface area is 169 Å². The Hall–Kier alpha value is -1.57. The number of benzene rings is 1. The second-order valence-corrected chi connectivity index (χ2v) is 8.15. The van der Waals surface area contributed by atoms with Gasteiger partial charge in [0, 0.05) is 23.5 Å². The first-order valence-electron chi connectivity index (χ1n) is 9.21. The second kappa shape index (κ2) is 9.08. The van der Waals surface area contributed by atoms with Crippen LogP contribution in [0.4, 0.5) is 0 Å². The lowest BCUT2D eigenvalue weighted by molar-refractivity contribution is 0.0758. The summed E-state index contributed by atoms with van der Waals surface area (Å²) >= 11 is 1.63. The molecule has 0 unspecified atom stereocenters. The summed E-state index contributed by atoms with van der Waals surface area (Å²) in [6, 6.07) is 7.85. The number of halogens is 1. The first kappa shape index (κ1) is 20.2. The monoisotopic (exact) mass is 408 g/mol. The molecule has 1 amide bonds. The Morgan fingerprint density at radius 1 is 1.22 bits per heavy atom. The molecule has 27 heavy (non-hydrogen) atoms. The molecule has 0 saturated carbocycles. The third-order valence-electron chi connectivity index (χ3n) is 5.34.